The Morgan fingerprint density at radius 3 is 2.74 bits per heavy atom. The van der Waals surface area contributed by atoms with Crippen LogP contribution in [0.25, 0.3) is 0 Å². The van der Waals surface area contributed by atoms with Gasteiger partial charge in [-0.3, -0.25) is 14.6 Å². The van der Waals surface area contributed by atoms with Gasteiger partial charge in [0, 0.05) is 31.7 Å². The smallest absolute Gasteiger partial charge is 0.324 e. The minimum atomic E-state index is -0.257. The maximum Gasteiger partial charge on any atom is 0.324 e. The average molecular weight is 268 g/mol. The molecule has 2 rings (SSSR count). The third-order valence-electron chi connectivity index (χ3n) is 3.90. The standard InChI is InChI=1S/C13H24N4O2/c1-10(2)16(9-11-4-3-5-14-11)6-7-17-12(18)8-15-13(17)19/h10-11,14H,3-9H2,1-2H3,(H,15,19). The van der Waals surface area contributed by atoms with Crippen LogP contribution in [-0.2, 0) is 4.79 Å². The van der Waals surface area contributed by atoms with Gasteiger partial charge in [0.2, 0.25) is 5.91 Å². The molecular weight excluding hydrogens is 244 g/mol. The van der Waals surface area contributed by atoms with Crippen LogP contribution in [0.15, 0.2) is 0 Å². The summed E-state index contributed by atoms with van der Waals surface area (Å²) in [6.07, 6.45) is 2.45. The summed E-state index contributed by atoms with van der Waals surface area (Å²) in [5.41, 5.74) is 0. The second-order valence-corrected chi connectivity index (χ2v) is 5.59. The Balaban J connectivity index is 1.82. The summed E-state index contributed by atoms with van der Waals surface area (Å²) >= 11 is 0. The molecule has 2 fully saturated rings. The van der Waals surface area contributed by atoms with E-state index in [0.29, 0.717) is 18.6 Å². The van der Waals surface area contributed by atoms with E-state index >= 15 is 0 Å². The van der Waals surface area contributed by atoms with Gasteiger partial charge in [-0.25, -0.2) is 4.79 Å². The van der Waals surface area contributed by atoms with Crippen molar-refractivity contribution in [1.29, 1.82) is 0 Å². The van der Waals surface area contributed by atoms with Gasteiger partial charge < -0.3 is 10.6 Å². The van der Waals surface area contributed by atoms with Crippen LogP contribution in [0.1, 0.15) is 26.7 Å². The largest absolute Gasteiger partial charge is 0.329 e. The second kappa shape index (κ2) is 6.34. The number of hydrogen-bond acceptors (Lipinski definition) is 4. The molecule has 0 aliphatic carbocycles. The van der Waals surface area contributed by atoms with Crippen LogP contribution in [-0.4, -0.2) is 66.5 Å². The third-order valence-corrected chi connectivity index (χ3v) is 3.90. The number of carbonyl (C=O) groups is 2. The summed E-state index contributed by atoms with van der Waals surface area (Å²) in [6.45, 7) is 7.77. The molecule has 2 aliphatic rings. The molecule has 0 aromatic rings. The van der Waals surface area contributed by atoms with E-state index in [9.17, 15) is 9.59 Å². The van der Waals surface area contributed by atoms with Crippen LogP contribution in [0.3, 0.4) is 0 Å². The highest BCUT2D eigenvalue weighted by Crippen LogP contribution is 2.10. The summed E-state index contributed by atoms with van der Waals surface area (Å²) in [5.74, 6) is -0.118. The highest BCUT2D eigenvalue weighted by molar-refractivity contribution is 6.01. The van der Waals surface area contributed by atoms with E-state index in [-0.39, 0.29) is 18.5 Å². The van der Waals surface area contributed by atoms with E-state index < -0.39 is 0 Å². The lowest BCUT2D eigenvalue weighted by atomic mass is 10.2. The summed E-state index contributed by atoms with van der Waals surface area (Å²) in [6, 6.07) is 0.710. The number of imide groups is 1. The van der Waals surface area contributed by atoms with E-state index in [2.05, 4.69) is 29.4 Å². The molecule has 108 valence electrons. The Kier molecular flexibility index (Phi) is 4.76. The van der Waals surface area contributed by atoms with Crippen LogP contribution in [0.2, 0.25) is 0 Å². The van der Waals surface area contributed by atoms with Gasteiger partial charge in [-0.15, -0.1) is 0 Å². The van der Waals surface area contributed by atoms with Crippen molar-refractivity contribution in [1.82, 2.24) is 20.4 Å². The lowest BCUT2D eigenvalue weighted by Gasteiger charge is -2.30. The SMILES string of the molecule is CC(C)N(CCN1C(=O)CNC1=O)CC1CCCN1. The molecule has 0 radical (unpaired) electrons. The summed E-state index contributed by atoms with van der Waals surface area (Å²) in [4.78, 5) is 26.7. The second-order valence-electron chi connectivity index (χ2n) is 5.59. The van der Waals surface area contributed by atoms with E-state index in [4.69, 9.17) is 0 Å². The van der Waals surface area contributed by atoms with Crippen LogP contribution in [0.5, 0.6) is 0 Å². The van der Waals surface area contributed by atoms with Crippen molar-refractivity contribution in [2.45, 2.75) is 38.8 Å². The van der Waals surface area contributed by atoms with Crippen LogP contribution in [0.4, 0.5) is 4.79 Å². The van der Waals surface area contributed by atoms with Crippen molar-refractivity contribution in [3.05, 3.63) is 0 Å². The van der Waals surface area contributed by atoms with Gasteiger partial charge in [0.1, 0.15) is 0 Å². The van der Waals surface area contributed by atoms with Crippen molar-refractivity contribution in [3.63, 3.8) is 0 Å². The molecule has 0 aromatic carbocycles. The summed E-state index contributed by atoms with van der Waals surface area (Å²) in [5, 5.41) is 6.04. The Morgan fingerprint density at radius 2 is 2.21 bits per heavy atom. The number of rotatable bonds is 6. The van der Waals surface area contributed by atoms with E-state index in [0.717, 1.165) is 19.6 Å². The normalized spacial score (nSPS) is 23.8. The minimum absolute atomic E-state index is 0.118. The molecule has 6 nitrogen and oxygen atoms in total. The van der Waals surface area contributed by atoms with Gasteiger partial charge in [-0.1, -0.05) is 0 Å². The van der Waals surface area contributed by atoms with Crippen LogP contribution < -0.4 is 10.6 Å². The third kappa shape index (κ3) is 3.67. The monoisotopic (exact) mass is 268 g/mol. The predicted octanol–water partition coefficient (Wildman–Crippen LogP) is 0.000600. The molecule has 1 atom stereocenters. The summed E-state index contributed by atoms with van der Waals surface area (Å²) < 4.78 is 0. The first kappa shape index (κ1) is 14.3. The maximum atomic E-state index is 11.5. The first-order valence-electron chi connectivity index (χ1n) is 7.13. The number of amides is 3. The van der Waals surface area contributed by atoms with Crippen molar-refractivity contribution in [3.8, 4) is 0 Å². The van der Waals surface area contributed by atoms with Crippen molar-refractivity contribution in [2.24, 2.45) is 0 Å². The first-order chi connectivity index (χ1) is 9.08. The molecule has 0 spiro atoms. The van der Waals surface area contributed by atoms with Crippen LogP contribution in [0, 0.1) is 0 Å². The molecule has 2 N–H and O–H groups in total. The molecule has 0 bridgehead atoms. The van der Waals surface area contributed by atoms with Gasteiger partial charge >= 0.3 is 6.03 Å². The zero-order valence-electron chi connectivity index (χ0n) is 11.8. The molecule has 1 unspecified atom stereocenters. The molecular formula is C13H24N4O2. The Hall–Kier alpha value is -1.14. The quantitative estimate of drug-likeness (QED) is 0.666. The molecule has 6 heteroatoms. The van der Waals surface area contributed by atoms with Crippen LogP contribution >= 0.6 is 0 Å². The van der Waals surface area contributed by atoms with E-state index in [1.807, 2.05) is 0 Å². The summed E-state index contributed by atoms with van der Waals surface area (Å²) in [7, 11) is 0. The van der Waals surface area contributed by atoms with Gasteiger partial charge in [0.25, 0.3) is 0 Å². The Bertz CT molecular complexity index is 324. The van der Waals surface area contributed by atoms with E-state index in [1.165, 1.54) is 17.7 Å². The number of nitrogens with zero attached hydrogens (tertiary/aromatic N) is 2. The van der Waals surface area contributed by atoms with E-state index in [1.54, 1.807) is 0 Å². The molecule has 0 aromatic heterocycles. The molecule has 0 saturated carbocycles. The van der Waals surface area contributed by atoms with Gasteiger partial charge in [-0.05, 0) is 33.2 Å². The Labute approximate surface area is 114 Å². The molecule has 3 amide bonds. The first-order valence-corrected chi connectivity index (χ1v) is 7.13. The average Bonchev–Trinajstić information content (AvgIpc) is 2.97. The highest BCUT2D eigenvalue weighted by Gasteiger charge is 2.29. The predicted molar refractivity (Wildman–Crippen MR) is 72.8 cm³/mol. The number of nitrogens with one attached hydrogen (secondary N) is 2. The maximum absolute atomic E-state index is 11.5. The Morgan fingerprint density at radius 1 is 1.42 bits per heavy atom. The van der Waals surface area contributed by atoms with Crippen molar-refractivity contribution in [2.75, 3.05) is 32.7 Å². The molecule has 2 aliphatic heterocycles. The topological polar surface area (TPSA) is 64.7 Å². The number of urea groups is 1. The van der Waals surface area contributed by atoms with Crippen molar-refractivity contribution < 1.29 is 9.59 Å². The fourth-order valence-electron chi connectivity index (χ4n) is 2.67. The number of hydrogen-bond donors (Lipinski definition) is 2. The molecule has 2 heterocycles. The highest BCUT2D eigenvalue weighted by atomic mass is 16.2. The van der Waals surface area contributed by atoms with Gasteiger partial charge in [0.05, 0.1) is 6.54 Å². The zero-order chi connectivity index (χ0) is 13.8. The molecule has 2 saturated heterocycles. The zero-order valence-corrected chi connectivity index (χ0v) is 11.8. The lowest BCUT2D eigenvalue weighted by Crippen LogP contribution is -2.46. The fourth-order valence-corrected chi connectivity index (χ4v) is 2.67. The number of carbonyl (C=O) groups excluding carboxylic acids is 2. The molecule has 19 heavy (non-hydrogen) atoms. The minimum Gasteiger partial charge on any atom is -0.329 e. The van der Waals surface area contributed by atoms with Gasteiger partial charge in [-0.2, -0.15) is 0 Å². The fraction of sp³-hybridized carbons (Fsp3) is 0.846. The lowest BCUT2D eigenvalue weighted by molar-refractivity contribution is -0.125. The van der Waals surface area contributed by atoms with Crippen molar-refractivity contribution >= 4 is 11.9 Å². The van der Waals surface area contributed by atoms with Gasteiger partial charge in [0.15, 0.2) is 0 Å².